The largest absolute Gasteiger partial charge is 0.394 e. The summed E-state index contributed by atoms with van der Waals surface area (Å²) in [5.74, 6) is -0.477. The molecule has 0 radical (unpaired) electrons. The van der Waals surface area contributed by atoms with Crippen molar-refractivity contribution < 1.29 is 44.9 Å². The molecular formula is C35H61NO9. The first-order valence-corrected chi connectivity index (χ1v) is 17.1. The van der Waals surface area contributed by atoms with Crippen LogP contribution in [0.2, 0.25) is 0 Å². The van der Waals surface area contributed by atoms with E-state index in [-0.39, 0.29) is 12.0 Å². The van der Waals surface area contributed by atoms with Crippen LogP contribution < -0.4 is 5.32 Å². The Bertz CT molecular complexity index is 936. The van der Waals surface area contributed by atoms with Gasteiger partial charge in [0, 0.05) is 5.56 Å². The summed E-state index contributed by atoms with van der Waals surface area (Å²) in [6, 6.07) is 6.04. The van der Waals surface area contributed by atoms with Crippen molar-refractivity contribution in [2.75, 3.05) is 13.2 Å². The zero-order valence-corrected chi connectivity index (χ0v) is 27.9. The zero-order chi connectivity index (χ0) is 33.4. The topological polar surface area (TPSA) is 169 Å². The maximum Gasteiger partial charge on any atom is 0.251 e. The molecule has 8 atom stereocenters. The van der Waals surface area contributed by atoms with Gasteiger partial charge in [0.25, 0.3) is 5.91 Å². The van der Waals surface area contributed by atoms with Crippen molar-refractivity contribution in [1.29, 1.82) is 0 Å². The van der Waals surface area contributed by atoms with Gasteiger partial charge in [0.2, 0.25) is 0 Å². The van der Waals surface area contributed by atoms with Crippen LogP contribution in [0.1, 0.15) is 127 Å². The molecule has 10 heteroatoms. The number of carbonyl (C=O) groups excluding carboxylic acids is 1. The van der Waals surface area contributed by atoms with Crippen LogP contribution in [0.5, 0.6) is 0 Å². The third-order valence-corrected chi connectivity index (χ3v) is 8.78. The van der Waals surface area contributed by atoms with Gasteiger partial charge < -0.3 is 45.4 Å². The molecule has 1 heterocycles. The van der Waals surface area contributed by atoms with Crippen LogP contribution in [-0.4, -0.2) is 98.7 Å². The fourth-order valence-electron chi connectivity index (χ4n) is 5.64. The first-order valence-electron chi connectivity index (χ1n) is 17.1. The van der Waals surface area contributed by atoms with Gasteiger partial charge in [-0.15, -0.1) is 0 Å². The van der Waals surface area contributed by atoms with Gasteiger partial charge in [0.1, 0.15) is 30.5 Å². The smallest absolute Gasteiger partial charge is 0.251 e. The predicted octanol–water partition coefficient (Wildman–Crippen LogP) is 3.71. The molecule has 1 aliphatic heterocycles. The Morgan fingerprint density at radius 1 is 0.844 bits per heavy atom. The normalized spacial score (nSPS) is 24.3. The van der Waals surface area contributed by atoms with E-state index in [4.69, 9.17) is 9.47 Å². The lowest BCUT2D eigenvalue weighted by Gasteiger charge is -2.40. The minimum atomic E-state index is -1.63. The lowest BCUT2D eigenvalue weighted by atomic mass is 9.86. The molecule has 0 aliphatic carbocycles. The second-order valence-electron chi connectivity index (χ2n) is 13.7. The van der Waals surface area contributed by atoms with Crippen LogP contribution in [0.15, 0.2) is 24.3 Å². The standard InChI is InChI=1S/C35H61NO9/c1-5-6-7-8-9-10-11-12-13-14-15-16-17-27(38)29(39)26(23-44-34-32(42)31(41)30(40)28(22-37)45-34)36-33(43)24-18-20-25(21-19-24)35(2,3)4/h18-21,26-32,34,37-42H,5-17,22-23H2,1-4H3,(H,36,43)/t26-,27+,28+,29-,30-,31-,32+,34-/m0/s1. The molecule has 0 spiro atoms. The number of carbonyl (C=O) groups is 1. The van der Waals surface area contributed by atoms with Crippen molar-refractivity contribution in [3.63, 3.8) is 0 Å². The van der Waals surface area contributed by atoms with E-state index in [1.807, 2.05) is 12.1 Å². The number of hydrogen-bond acceptors (Lipinski definition) is 9. The third-order valence-electron chi connectivity index (χ3n) is 8.78. The number of benzene rings is 1. The van der Waals surface area contributed by atoms with Gasteiger partial charge in [-0.3, -0.25) is 4.79 Å². The Hall–Kier alpha value is -1.63. The number of rotatable bonds is 21. The average molecular weight is 640 g/mol. The van der Waals surface area contributed by atoms with E-state index in [2.05, 4.69) is 33.0 Å². The van der Waals surface area contributed by atoms with Gasteiger partial charge in [0.05, 0.1) is 25.4 Å². The molecule has 1 aromatic carbocycles. The highest BCUT2D eigenvalue weighted by molar-refractivity contribution is 5.94. The van der Waals surface area contributed by atoms with Gasteiger partial charge in [-0.2, -0.15) is 0 Å². The molecule has 45 heavy (non-hydrogen) atoms. The van der Waals surface area contributed by atoms with Crippen LogP contribution >= 0.6 is 0 Å². The molecule has 7 N–H and O–H groups in total. The number of unbranched alkanes of at least 4 members (excludes halogenated alkanes) is 11. The van der Waals surface area contributed by atoms with E-state index in [0.29, 0.717) is 12.0 Å². The molecule has 2 rings (SSSR count). The van der Waals surface area contributed by atoms with Crippen LogP contribution in [0.4, 0.5) is 0 Å². The molecule has 1 saturated heterocycles. The lowest BCUT2D eigenvalue weighted by Crippen LogP contribution is -2.60. The van der Waals surface area contributed by atoms with Gasteiger partial charge in [0.15, 0.2) is 6.29 Å². The van der Waals surface area contributed by atoms with Crippen molar-refractivity contribution in [3.8, 4) is 0 Å². The molecule has 1 amide bonds. The Balaban J connectivity index is 1.93. The Labute approximate surface area is 270 Å². The van der Waals surface area contributed by atoms with Crippen molar-refractivity contribution >= 4 is 5.91 Å². The Kier molecular flexibility index (Phi) is 18.1. The monoisotopic (exact) mass is 639 g/mol. The highest BCUT2D eigenvalue weighted by Crippen LogP contribution is 2.24. The van der Waals surface area contributed by atoms with Crippen LogP contribution in [0.25, 0.3) is 0 Å². The molecule has 1 fully saturated rings. The maximum absolute atomic E-state index is 13.2. The average Bonchev–Trinajstić information content (AvgIpc) is 3.02. The minimum Gasteiger partial charge on any atom is -0.394 e. The first kappa shape index (κ1) is 39.5. The second kappa shape index (κ2) is 20.6. The molecule has 1 aromatic rings. The zero-order valence-electron chi connectivity index (χ0n) is 27.9. The summed E-state index contributed by atoms with van der Waals surface area (Å²) in [6.45, 7) is 7.46. The lowest BCUT2D eigenvalue weighted by molar-refractivity contribution is -0.303. The van der Waals surface area contributed by atoms with E-state index in [1.165, 1.54) is 51.4 Å². The highest BCUT2D eigenvalue weighted by Gasteiger charge is 2.44. The number of amides is 1. The summed E-state index contributed by atoms with van der Waals surface area (Å²) in [6.07, 6.45) is 4.57. The summed E-state index contributed by atoms with van der Waals surface area (Å²) in [5, 5.41) is 64.7. The minimum absolute atomic E-state index is 0.0923. The van der Waals surface area contributed by atoms with Gasteiger partial charge in [-0.1, -0.05) is 117 Å². The fourth-order valence-corrected chi connectivity index (χ4v) is 5.64. The quantitative estimate of drug-likeness (QED) is 0.0992. The van der Waals surface area contributed by atoms with Crippen molar-refractivity contribution in [3.05, 3.63) is 35.4 Å². The summed E-state index contributed by atoms with van der Waals surface area (Å²) in [7, 11) is 0. The summed E-state index contributed by atoms with van der Waals surface area (Å²) in [5.41, 5.74) is 1.33. The van der Waals surface area contributed by atoms with E-state index in [1.54, 1.807) is 12.1 Å². The number of ether oxygens (including phenoxy) is 2. The second-order valence-corrected chi connectivity index (χ2v) is 13.7. The van der Waals surface area contributed by atoms with Crippen molar-refractivity contribution in [2.24, 2.45) is 0 Å². The molecule has 260 valence electrons. The number of hydrogen-bond donors (Lipinski definition) is 7. The van der Waals surface area contributed by atoms with Crippen LogP contribution in [0, 0.1) is 0 Å². The first-order chi connectivity index (χ1) is 21.4. The molecule has 0 saturated carbocycles. The molecular weight excluding hydrogens is 578 g/mol. The van der Waals surface area contributed by atoms with Gasteiger partial charge >= 0.3 is 0 Å². The number of aliphatic hydroxyl groups is 6. The predicted molar refractivity (Wildman–Crippen MR) is 174 cm³/mol. The third kappa shape index (κ3) is 13.6. The summed E-state index contributed by atoms with van der Waals surface area (Å²) >= 11 is 0. The molecule has 0 bridgehead atoms. The van der Waals surface area contributed by atoms with Crippen molar-refractivity contribution in [1.82, 2.24) is 5.32 Å². The molecule has 0 aromatic heterocycles. The van der Waals surface area contributed by atoms with E-state index in [9.17, 15) is 35.4 Å². The molecule has 10 nitrogen and oxygen atoms in total. The Morgan fingerprint density at radius 3 is 1.89 bits per heavy atom. The van der Waals surface area contributed by atoms with E-state index < -0.39 is 61.5 Å². The van der Waals surface area contributed by atoms with Crippen LogP contribution in [0.3, 0.4) is 0 Å². The van der Waals surface area contributed by atoms with Gasteiger partial charge in [-0.05, 0) is 29.5 Å². The van der Waals surface area contributed by atoms with E-state index in [0.717, 1.165) is 31.2 Å². The molecule has 0 unspecified atom stereocenters. The maximum atomic E-state index is 13.2. The van der Waals surface area contributed by atoms with Gasteiger partial charge in [-0.25, -0.2) is 0 Å². The number of aliphatic hydroxyl groups excluding tert-OH is 6. The Morgan fingerprint density at radius 2 is 1.38 bits per heavy atom. The van der Waals surface area contributed by atoms with Crippen LogP contribution in [-0.2, 0) is 14.9 Å². The number of nitrogens with one attached hydrogen (secondary N) is 1. The SMILES string of the molecule is CCCCCCCCCCCCCC[C@@H](O)[C@@H](O)[C@H](CO[C@H]1O[C@H](CO)[C@H](O)[C@H](O)[C@H]1O)NC(=O)c1ccc(C(C)(C)C)cc1. The summed E-state index contributed by atoms with van der Waals surface area (Å²) in [4.78, 5) is 13.2. The highest BCUT2D eigenvalue weighted by atomic mass is 16.7. The molecule has 1 aliphatic rings. The van der Waals surface area contributed by atoms with Crippen molar-refractivity contribution in [2.45, 2.75) is 166 Å². The fraction of sp³-hybridized carbons (Fsp3) is 0.800. The van der Waals surface area contributed by atoms with E-state index >= 15 is 0 Å². The summed E-state index contributed by atoms with van der Waals surface area (Å²) < 4.78 is 11.1.